The summed E-state index contributed by atoms with van der Waals surface area (Å²) in [5, 5.41) is 14.2. The zero-order valence-corrected chi connectivity index (χ0v) is 10.7. The number of hydrogen-bond acceptors (Lipinski definition) is 2. The molecule has 0 radical (unpaired) electrons. The Morgan fingerprint density at radius 3 is 2.00 bits per heavy atom. The van der Waals surface area contributed by atoms with Gasteiger partial charge in [-0.15, -0.1) is 0 Å². The Bertz CT molecular complexity index is 201. The standard InChI is InChI=1S/C14H27NO/c1-15-13-8-10-14(16,11-9-13)12-6-4-2-3-5-7-12/h12-13,15-16H,2-11H2,1H3. The SMILES string of the molecule is CNC1CCC(O)(C2CCCCCC2)CC1. The van der Waals surface area contributed by atoms with Crippen molar-refractivity contribution in [1.82, 2.24) is 5.32 Å². The third-order valence-electron chi connectivity index (χ3n) is 4.87. The highest BCUT2D eigenvalue weighted by atomic mass is 16.3. The van der Waals surface area contributed by atoms with E-state index in [9.17, 15) is 5.11 Å². The third-order valence-corrected chi connectivity index (χ3v) is 4.87. The Hall–Kier alpha value is -0.0800. The summed E-state index contributed by atoms with van der Waals surface area (Å²) < 4.78 is 0. The first kappa shape index (κ1) is 12.4. The number of rotatable bonds is 2. The predicted molar refractivity (Wildman–Crippen MR) is 67.5 cm³/mol. The van der Waals surface area contributed by atoms with Crippen LogP contribution in [0.2, 0.25) is 0 Å². The molecule has 0 amide bonds. The summed E-state index contributed by atoms with van der Waals surface area (Å²) in [6.45, 7) is 0. The molecule has 0 heterocycles. The van der Waals surface area contributed by atoms with Crippen molar-refractivity contribution < 1.29 is 5.11 Å². The van der Waals surface area contributed by atoms with Gasteiger partial charge in [-0.25, -0.2) is 0 Å². The van der Waals surface area contributed by atoms with E-state index in [1.807, 2.05) is 7.05 Å². The second-order valence-corrected chi connectivity index (χ2v) is 5.86. The van der Waals surface area contributed by atoms with Crippen LogP contribution in [0, 0.1) is 5.92 Å². The van der Waals surface area contributed by atoms with Crippen molar-refractivity contribution in [2.75, 3.05) is 7.05 Å². The molecular weight excluding hydrogens is 198 g/mol. The molecule has 0 aromatic carbocycles. The molecule has 2 aliphatic carbocycles. The minimum Gasteiger partial charge on any atom is -0.390 e. The van der Waals surface area contributed by atoms with Crippen LogP contribution in [0.1, 0.15) is 64.2 Å². The number of aliphatic hydroxyl groups is 1. The van der Waals surface area contributed by atoms with E-state index < -0.39 is 0 Å². The Morgan fingerprint density at radius 2 is 1.50 bits per heavy atom. The highest BCUT2D eigenvalue weighted by Crippen LogP contribution is 2.40. The van der Waals surface area contributed by atoms with Crippen LogP contribution < -0.4 is 5.32 Å². The maximum atomic E-state index is 10.8. The van der Waals surface area contributed by atoms with Crippen LogP contribution in [0.25, 0.3) is 0 Å². The molecule has 2 fully saturated rings. The van der Waals surface area contributed by atoms with Crippen LogP contribution in [-0.2, 0) is 0 Å². The molecule has 2 N–H and O–H groups in total. The van der Waals surface area contributed by atoms with Gasteiger partial charge in [-0.1, -0.05) is 25.7 Å². The van der Waals surface area contributed by atoms with Crippen LogP contribution in [0.3, 0.4) is 0 Å². The van der Waals surface area contributed by atoms with E-state index in [1.54, 1.807) is 0 Å². The number of nitrogens with one attached hydrogen (secondary N) is 1. The van der Waals surface area contributed by atoms with E-state index in [1.165, 1.54) is 38.5 Å². The van der Waals surface area contributed by atoms with E-state index in [0.717, 1.165) is 25.7 Å². The fourth-order valence-corrected chi connectivity index (χ4v) is 3.63. The molecule has 2 nitrogen and oxygen atoms in total. The molecular formula is C14H27NO. The fourth-order valence-electron chi connectivity index (χ4n) is 3.63. The number of hydrogen-bond donors (Lipinski definition) is 2. The Balaban J connectivity index is 1.91. The lowest BCUT2D eigenvalue weighted by molar-refractivity contribution is -0.0592. The van der Waals surface area contributed by atoms with Gasteiger partial charge in [-0.2, -0.15) is 0 Å². The second-order valence-electron chi connectivity index (χ2n) is 5.86. The Kier molecular flexibility index (Phi) is 4.26. The lowest BCUT2D eigenvalue weighted by atomic mass is 9.71. The normalized spacial score (nSPS) is 38.2. The summed E-state index contributed by atoms with van der Waals surface area (Å²) in [5.74, 6) is 0.591. The molecule has 0 aliphatic heterocycles. The monoisotopic (exact) mass is 225 g/mol. The Morgan fingerprint density at radius 1 is 0.938 bits per heavy atom. The highest BCUT2D eigenvalue weighted by molar-refractivity contribution is 4.93. The molecule has 2 saturated carbocycles. The quantitative estimate of drug-likeness (QED) is 0.708. The molecule has 16 heavy (non-hydrogen) atoms. The van der Waals surface area contributed by atoms with E-state index in [0.29, 0.717) is 12.0 Å². The lowest BCUT2D eigenvalue weighted by Crippen LogP contribution is -2.45. The van der Waals surface area contributed by atoms with Gasteiger partial charge in [0.25, 0.3) is 0 Å². The second kappa shape index (κ2) is 5.50. The lowest BCUT2D eigenvalue weighted by Gasteiger charge is -2.41. The Labute approximate surface area is 99.8 Å². The van der Waals surface area contributed by atoms with Crippen molar-refractivity contribution >= 4 is 0 Å². The molecule has 2 aliphatic rings. The van der Waals surface area contributed by atoms with Gasteiger partial charge >= 0.3 is 0 Å². The summed E-state index contributed by atoms with van der Waals surface area (Å²) in [5.41, 5.74) is -0.322. The summed E-state index contributed by atoms with van der Waals surface area (Å²) in [6.07, 6.45) is 12.3. The van der Waals surface area contributed by atoms with Gasteiger partial charge in [0.05, 0.1) is 5.60 Å². The van der Waals surface area contributed by atoms with Crippen molar-refractivity contribution in [2.45, 2.75) is 75.9 Å². The molecule has 0 aromatic heterocycles. The van der Waals surface area contributed by atoms with Gasteiger partial charge in [0.1, 0.15) is 0 Å². The van der Waals surface area contributed by atoms with E-state index in [2.05, 4.69) is 5.32 Å². The minimum atomic E-state index is -0.322. The zero-order chi connectivity index (χ0) is 11.4. The van der Waals surface area contributed by atoms with E-state index in [4.69, 9.17) is 0 Å². The van der Waals surface area contributed by atoms with Crippen molar-refractivity contribution in [1.29, 1.82) is 0 Å². The summed E-state index contributed by atoms with van der Waals surface area (Å²) in [7, 11) is 2.04. The fraction of sp³-hybridized carbons (Fsp3) is 1.00. The van der Waals surface area contributed by atoms with Gasteiger partial charge in [-0.05, 0) is 51.5 Å². The minimum absolute atomic E-state index is 0.322. The van der Waals surface area contributed by atoms with E-state index >= 15 is 0 Å². The smallest absolute Gasteiger partial charge is 0.0677 e. The van der Waals surface area contributed by atoms with Gasteiger partial charge in [0.15, 0.2) is 0 Å². The summed E-state index contributed by atoms with van der Waals surface area (Å²) in [4.78, 5) is 0. The summed E-state index contributed by atoms with van der Waals surface area (Å²) in [6, 6.07) is 0.644. The molecule has 2 heteroatoms. The third kappa shape index (κ3) is 2.78. The highest BCUT2D eigenvalue weighted by Gasteiger charge is 2.39. The van der Waals surface area contributed by atoms with Gasteiger partial charge in [0.2, 0.25) is 0 Å². The molecule has 0 unspecified atom stereocenters. The van der Waals surface area contributed by atoms with Crippen molar-refractivity contribution in [2.24, 2.45) is 5.92 Å². The van der Waals surface area contributed by atoms with Gasteiger partial charge in [0, 0.05) is 6.04 Å². The van der Waals surface area contributed by atoms with Crippen LogP contribution in [0.15, 0.2) is 0 Å². The average Bonchev–Trinajstić information content (AvgIpc) is 2.59. The molecule has 0 saturated heterocycles. The first-order valence-corrected chi connectivity index (χ1v) is 7.14. The maximum Gasteiger partial charge on any atom is 0.0677 e. The molecule has 0 aromatic rings. The molecule has 94 valence electrons. The first-order valence-electron chi connectivity index (χ1n) is 7.14. The molecule has 2 rings (SSSR count). The predicted octanol–water partition coefficient (Wildman–Crippen LogP) is 2.85. The van der Waals surface area contributed by atoms with Gasteiger partial charge < -0.3 is 10.4 Å². The molecule has 0 atom stereocenters. The zero-order valence-electron chi connectivity index (χ0n) is 10.7. The summed E-state index contributed by atoms with van der Waals surface area (Å²) >= 11 is 0. The van der Waals surface area contributed by atoms with Crippen molar-refractivity contribution in [3.63, 3.8) is 0 Å². The van der Waals surface area contributed by atoms with Crippen LogP contribution in [0.5, 0.6) is 0 Å². The van der Waals surface area contributed by atoms with E-state index in [-0.39, 0.29) is 5.60 Å². The molecule has 0 spiro atoms. The van der Waals surface area contributed by atoms with Crippen LogP contribution in [-0.4, -0.2) is 23.8 Å². The van der Waals surface area contributed by atoms with Gasteiger partial charge in [-0.3, -0.25) is 0 Å². The first-order chi connectivity index (χ1) is 7.74. The van der Waals surface area contributed by atoms with Crippen molar-refractivity contribution in [3.8, 4) is 0 Å². The van der Waals surface area contributed by atoms with Crippen LogP contribution in [0.4, 0.5) is 0 Å². The molecule has 0 bridgehead atoms. The average molecular weight is 225 g/mol. The topological polar surface area (TPSA) is 32.3 Å². The maximum absolute atomic E-state index is 10.8. The van der Waals surface area contributed by atoms with Crippen molar-refractivity contribution in [3.05, 3.63) is 0 Å². The van der Waals surface area contributed by atoms with Crippen LogP contribution >= 0.6 is 0 Å². The largest absolute Gasteiger partial charge is 0.390 e.